The second kappa shape index (κ2) is 6.75. The molecule has 0 unspecified atom stereocenters. The molecule has 1 aliphatic heterocycles. The van der Waals surface area contributed by atoms with E-state index in [0.29, 0.717) is 13.0 Å². The smallest absolute Gasteiger partial charge is 0.223 e. The van der Waals surface area contributed by atoms with Crippen molar-refractivity contribution in [2.24, 2.45) is 5.84 Å². The molecule has 0 atom stereocenters. The lowest BCUT2D eigenvalue weighted by Gasteiger charge is -2.36. The van der Waals surface area contributed by atoms with Gasteiger partial charge in [-0.3, -0.25) is 14.7 Å². The Bertz CT molecular complexity index is 421. The Morgan fingerprint density at radius 1 is 1.32 bits per heavy atom. The summed E-state index contributed by atoms with van der Waals surface area (Å²) in [6, 6.07) is 7.93. The van der Waals surface area contributed by atoms with Crippen LogP contribution in [0.1, 0.15) is 0 Å². The first-order valence-corrected chi connectivity index (χ1v) is 6.76. The van der Waals surface area contributed by atoms with Crippen molar-refractivity contribution >= 4 is 23.7 Å². The lowest BCUT2D eigenvalue weighted by molar-refractivity contribution is -0.118. The third-order valence-electron chi connectivity index (χ3n) is 3.36. The van der Waals surface area contributed by atoms with Crippen LogP contribution in [0.2, 0.25) is 5.02 Å². The average Bonchev–Trinajstić information content (AvgIpc) is 2.45. The molecule has 0 aromatic heterocycles. The normalized spacial score (nSPS) is 16.4. The highest BCUT2D eigenvalue weighted by molar-refractivity contribution is 6.30. The zero-order valence-corrected chi connectivity index (χ0v) is 11.6. The summed E-state index contributed by atoms with van der Waals surface area (Å²) in [5.41, 5.74) is 1.17. The van der Waals surface area contributed by atoms with E-state index in [4.69, 9.17) is 17.4 Å². The molecule has 6 heteroatoms. The number of hydrogen-bond acceptors (Lipinski definition) is 4. The second-order valence-corrected chi connectivity index (χ2v) is 5.09. The molecule has 0 bridgehead atoms. The molecular weight excluding hydrogens is 264 g/mol. The fraction of sp³-hybridized carbons (Fsp3) is 0.462. The lowest BCUT2D eigenvalue weighted by atomic mass is 10.2. The van der Waals surface area contributed by atoms with Crippen molar-refractivity contribution in [3.05, 3.63) is 29.3 Å². The zero-order valence-electron chi connectivity index (χ0n) is 10.8. The number of benzene rings is 1. The first-order valence-electron chi connectivity index (χ1n) is 6.38. The quantitative estimate of drug-likeness (QED) is 0.376. The summed E-state index contributed by atoms with van der Waals surface area (Å²) in [7, 11) is 0. The van der Waals surface area contributed by atoms with Crippen LogP contribution >= 0.6 is 11.6 Å². The highest BCUT2D eigenvalue weighted by Crippen LogP contribution is 2.20. The standard InChI is InChI=1S/C13H19ClN4O/c14-12-2-1-3-13(10-12)17-7-4-16(5-8-17)6-9-18(15)11-19/h1-3,10-11H,4-9,15H2. The summed E-state index contributed by atoms with van der Waals surface area (Å²) in [5.74, 6) is 5.44. The van der Waals surface area contributed by atoms with E-state index in [2.05, 4.69) is 15.9 Å². The molecule has 0 aliphatic carbocycles. The maximum atomic E-state index is 10.4. The Labute approximate surface area is 118 Å². The number of nitrogens with zero attached hydrogens (tertiary/aromatic N) is 3. The number of rotatable bonds is 5. The summed E-state index contributed by atoms with van der Waals surface area (Å²) < 4.78 is 0. The van der Waals surface area contributed by atoms with Crippen molar-refractivity contribution in [1.29, 1.82) is 0 Å². The van der Waals surface area contributed by atoms with Gasteiger partial charge in [-0.1, -0.05) is 17.7 Å². The van der Waals surface area contributed by atoms with E-state index >= 15 is 0 Å². The Morgan fingerprint density at radius 2 is 2.05 bits per heavy atom. The van der Waals surface area contributed by atoms with Gasteiger partial charge in [-0.15, -0.1) is 0 Å². The van der Waals surface area contributed by atoms with Crippen molar-refractivity contribution in [1.82, 2.24) is 9.91 Å². The highest BCUT2D eigenvalue weighted by Gasteiger charge is 2.17. The van der Waals surface area contributed by atoms with Crippen molar-refractivity contribution < 1.29 is 4.79 Å². The number of anilines is 1. The van der Waals surface area contributed by atoms with Gasteiger partial charge in [0.2, 0.25) is 6.41 Å². The van der Waals surface area contributed by atoms with Gasteiger partial charge in [0.1, 0.15) is 0 Å². The predicted octanol–water partition coefficient (Wildman–Crippen LogP) is 0.794. The SMILES string of the molecule is NN(C=O)CCN1CCN(c2cccc(Cl)c2)CC1. The molecule has 2 N–H and O–H groups in total. The lowest BCUT2D eigenvalue weighted by Crippen LogP contribution is -2.49. The molecule has 1 aromatic carbocycles. The van der Waals surface area contributed by atoms with Gasteiger partial charge in [0.05, 0.1) is 0 Å². The van der Waals surface area contributed by atoms with Crippen LogP contribution < -0.4 is 10.7 Å². The van der Waals surface area contributed by atoms with Crippen LogP contribution in [0.4, 0.5) is 5.69 Å². The van der Waals surface area contributed by atoms with Gasteiger partial charge in [-0.05, 0) is 18.2 Å². The van der Waals surface area contributed by atoms with Crippen molar-refractivity contribution in [2.75, 3.05) is 44.2 Å². The number of hydrazine groups is 1. The van der Waals surface area contributed by atoms with Crippen LogP contribution in [-0.4, -0.2) is 55.6 Å². The summed E-state index contributed by atoms with van der Waals surface area (Å²) in [4.78, 5) is 15.0. The van der Waals surface area contributed by atoms with E-state index < -0.39 is 0 Å². The molecule has 0 spiro atoms. The molecule has 1 amide bonds. The minimum absolute atomic E-state index is 0.570. The minimum Gasteiger partial charge on any atom is -0.369 e. The van der Waals surface area contributed by atoms with Crippen molar-refractivity contribution in [3.63, 3.8) is 0 Å². The van der Waals surface area contributed by atoms with Crippen molar-refractivity contribution in [2.45, 2.75) is 0 Å². The number of halogens is 1. The Balaban J connectivity index is 1.80. The third kappa shape index (κ3) is 4.09. The Morgan fingerprint density at radius 3 is 2.68 bits per heavy atom. The van der Waals surface area contributed by atoms with E-state index in [1.165, 1.54) is 10.7 Å². The van der Waals surface area contributed by atoms with Gasteiger partial charge in [-0.2, -0.15) is 0 Å². The summed E-state index contributed by atoms with van der Waals surface area (Å²) in [6.45, 7) is 5.26. The molecule has 2 rings (SSSR count). The zero-order chi connectivity index (χ0) is 13.7. The Kier molecular flexibility index (Phi) is 5.01. The molecule has 1 heterocycles. The van der Waals surface area contributed by atoms with Gasteiger partial charge in [0.25, 0.3) is 0 Å². The average molecular weight is 283 g/mol. The van der Waals surface area contributed by atoms with Crippen molar-refractivity contribution in [3.8, 4) is 0 Å². The maximum absolute atomic E-state index is 10.4. The number of carbonyl (C=O) groups excluding carboxylic acids is 1. The molecule has 19 heavy (non-hydrogen) atoms. The maximum Gasteiger partial charge on any atom is 0.223 e. The number of amides is 1. The van der Waals surface area contributed by atoms with Gasteiger partial charge in [0.15, 0.2) is 0 Å². The number of nitrogens with two attached hydrogens (primary N) is 1. The predicted molar refractivity (Wildman–Crippen MR) is 77.1 cm³/mol. The molecular formula is C13H19ClN4O. The van der Waals surface area contributed by atoms with E-state index in [0.717, 1.165) is 37.7 Å². The molecule has 0 radical (unpaired) electrons. The first kappa shape index (κ1) is 14.1. The Hall–Kier alpha value is -1.30. The number of carbonyl (C=O) groups is 1. The van der Waals surface area contributed by atoms with Gasteiger partial charge in [-0.25, -0.2) is 5.84 Å². The van der Waals surface area contributed by atoms with Gasteiger partial charge < -0.3 is 4.90 Å². The third-order valence-corrected chi connectivity index (χ3v) is 3.59. The van der Waals surface area contributed by atoms with Crippen LogP contribution in [0.15, 0.2) is 24.3 Å². The highest BCUT2D eigenvalue weighted by atomic mass is 35.5. The molecule has 104 valence electrons. The second-order valence-electron chi connectivity index (χ2n) is 4.65. The molecule has 1 fully saturated rings. The molecule has 1 aromatic rings. The van der Waals surface area contributed by atoms with E-state index in [9.17, 15) is 4.79 Å². The summed E-state index contributed by atoms with van der Waals surface area (Å²) in [5, 5.41) is 1.95. The number of hydrogen-bond donors (Lipinski definition) is 1. The van der Waals surface area contributed by atoms with E-state index in [-0.39, 0.29) is 0 Å². The molecule has 1 aliphatic rings. The van der Waals surface area contributed by atoms with E-state index in [1.54, 1.807) is 0 Å². The minimum atomic E-state index is 0.570. The number of piperazine rings is 1. The molecule has 0 saturated carbocycles. The van der Waals surface area contributed by atoms with Crippen LogP contribution in [0, 0.1) is 0 Å². The van der Waals surface area contributed by atoms with Crippen LogP contribution in [0.3, 0.4) is 0 Å². The summed E-state index contributed by atoms with van der Waals surface area (Å²) >= 11 is 6.00. The van der Waals surface area contributed by atoms with Crippen LogP contribution in [0.5, 0.6) is 0 Å². The monoisotopic (exact) mass is 282 g/mol. The largest absolute Gasteiger partial charge is 0.369 e. The fourth-order valence-electron chi connectivity index (χ4n) is 2.21. The molecule has 5 nitrogen and oxygen atoms in total. The first-order chi connectivity index (χ1) is 9.19. The summed E-state index contributed by atoms with van der Waals surface area (Å²) in [6.07, 6.45) is 0.655. The fourth-order valence-corrected chi connectivity index (χ4v) is 2.40. The molecule has 1 saturated heterocycles. The van der Waals surface area contributed by atoms with Crippen LogP contribution in [0.25, 0.3) is 0 Å². The van der Waals surface area contributed by atoms with E-state index in [1.807, 2.05) is 18.2 Å². The van der Waals surface area contributed by atoms with Gasteiger partial charge in [0, 0.05) is 50.0 Å². The topological polar surface area (TPSA) is 52.8 Å². The van der Waals surface area contributed by atoms with Crippen LogP contribution in [-0.2, 0) is 4.79 Å². The van der Waals surface area contributed by atoms with Gasteiger partial charge >= 0.3 is 0 Å².